The zero-order chi connectivity index (χ0) is 17.8. The van der Waals surface area contributed by atoms with Crippen LogP contribution in [-0.2, 0) is 16.1 Å². The van der Waals surface area contributed by atoms with E-state index >= 15 is 0 Å². The average Bonchev–Trinajstić information content (AvgIpc) is 2.60. The minimum atomic E-state index is -0.407. The molecule has 2 aromatic carbocycles. The zero-order valence-electron chi connectivity index (χ0n) is 13.6. The lowest BCUT2D eigenvalue weighted by Crippen LogP contribution is -2.45. The molecular formula is C19H17ClN2O2S. The predicted molar refractivity (Wildman–Crippen MR) is 102 cm³/mol. The highest BCUT2D eigenvalue weighted by molar-refractivity contribution is 7.80. The Morgan fingerprint density at radius 3 is 2.68 bits per heavy atom. The first-order valence-corrected chi connectivity index (χ1v) is 8.58. The van der Waals surface area contributed by atoms with E-state index in [1.165, 1.54) is 0 Å². The van der Waals surface area contributed by atoms with Crippen molar-refractivity contribution in [3.05, 3.63) is 82.0 Å². The fraction of sp³-hybridized carbons (Fsp3) is 0.158. The van der Waals surface area contributed by atoms with Crippen molar-refractivity contribution >= 4 is 34.9 Å². The van der Waals surface area contributed by atoms with Crippen molar-refractivity contribution in [2.24, 2.45) is 0 Å². The fourth-order valence-electron chi connectivity index (χ4n) is 2.70. The number of ether oxygens (including phenoxy) is 1. The molecule has 0 bridgehead atoms. The number of halogens is 1. The molecule has 0 fully saturated rings. The molecule has 1 aliphatic rings. The average molecular weight is 373 g/mol. The van der Waals surface area contributed by atoms with Gasteiger partial charge in [-0.15, -0.1) is 0 Å². The number of carbonyl (C=O) groups is 1. The van der Waals surface area contributed by atoms with Gasteiger partial charge in [0.1, 0.15) is 6.61 Å². The number of hydrogen-bond donors (Lipinski definition) is 2. The van der Waals surface area contributed by atoms with E-state index in [0.29, 0.717) is 21.4 Å². The topological polar surface area (TPSA) is 50.4 Å². The summed E-state index contributed by atoms with van der Waals surface area (Å²) in [5, 5.41) is 7.17. The van der Waals surface area contributed by atoms with Crippen molar-refractivity contribution in [2.45, 2.75) is 19.6 Å². The third-order valence-electron chi connectivity index (χ3n) is 3.88. The Balaban J connectivity index is 1.85. The van der Waals surface area contributed by atoms with Crippen molar-refractivity contribution in [3.63, 3.8) is 0 Å². The van der Waals surface area contributed by atoms with E-state index in [2.05, 4.69) is 10.6 Å². The minimum absolute atomic E-state index is 0.211. The van der Waals surface area contributed by atoms with Gasteiger partial charge in [-0.05, 0) is 42.4 Å². The Labute approximate surface area is 156 Å². The van der Waals surface area contributed by atoms with Crippen LogP contribution in [0, 0.1) is 0 Å². The van der Waals surface area contributed by atoms with Gasteiger partial charge in [0.25, 0.3) is 0 Å². The van der Waals surface area contributed by atoms with Crippen LogP contribution in [0.3, 0.4) is 0 Å². The van der Waals surface area contributed by atoms with E-state index < -0.39 is 12.0 Å². The Morgan fingerprint density at radius 2 is 1.96 bits per heavy atom. The summed E-state index contributed by atoms with van der Waals surface area (Å²) in [4.78, 5) is 12.7. The summed E-state index contributed by atoms with van der Waals surface area (Å²) in [5.41, 5.74) is 2.95. The van der Waals surface area contributed by atoms with Crippen LogP contribution in [0.15, 0.2) is 65.9 Å². The lowest BCUT2D eigenvalue weighted by atomic mass is 9.96. The van der Waals surface area contributed by atoms with Crippen LogP contribution in [-0.4, -0.2) is 11.1 Å². The van der Waals surface area contributed by atoms with Gasteiger partial charge in [0.05, 0.1) is 11.6 Å². The van der Waals surface area contributed by atoms with Gasteiger partial charge in [-0.2, -0.15) is 0 Å². The van der Waals surface area contributed by atoms with Crippen LogP contribution in [0.2, 0.25) is 5.02 Å². The molecule has 0 saturated carbocycles. The van der Waals surface area contributed by atoms with Gasteiger partial charge >= 0.3 is 5.97 Å². The third-order valence-corrected chi connectivity index (χ3v) is 4.34. The first-order chi connectivity index (χ1) is 12.0. The molecule has 1 aliphatic heterocycles. The molecule has 0 unspecified atom stereocenters. The van der Waals surface area contributed by atoms with Crippen LogP contribution in [0.5, 0.6) is 0 Å². The van der Waals surface area contributed by atoms with Crippen LogP contribution in [0.4, 0.5) is 0 Å². The van der Waals surface area contributed by atoms with Crippen LogP contribution >= 0.6 is 23.8 Å². The van der Waals surface area contributed by atoms with E-state index in [9.17, 15) is 4.79 Å². The van der Waals surface area contributed by atoms with E-state index in [0.717, 1.165) is 11.1 Å². The maximum atomic E-state index is 12.7. The summed E-state index contributed by atoms with van der Waals surface area (Å²) in [7, 11) is 0. The molecule has 0 aromatic heterocycles. The summed E-state index contributed by atoms with van der Waals surface area (Å²) < 4.78 is 5.50. The third kappa shape index (κ3) is 4.18. The van der Waals surface area contributed by atoms with E-state index in [1.54, 1.807) is 6.07 Å². The van der Waals surface area contributed by atoms with Crippen LogP contribution in [0.25, 0.3) is 0 Å². The van der Waals surface area contributed by atoms with Crippen LogP contribution < -0.4 is 10.6 Å². The first kappa shape index (κ1) is 17.5. The van der Waals surface area contributed by atoms with E-state index in [1.807, 2.05) is 55.5 Å². The highest BCUT2D eigenvalue weighted by Crippen LogP contribution is 2.29. The van der Waals surface area contributed by atoms with Gasteiger partial charge in [0, 0.05) is 10.7 Å². The second-order valence-corrected chi connectivity index (χ2v) is 6.53. The largest absolute Gasteiger partial charge is 0.457 e. The Bertz CT molecular complexity index is 836. The molecule has 1 atom stereocenters. The number of benzene rings is 2. The van der Waals surface area contributed by atoms with E-state index in [4.69, 9.17) is 28.6 Å². The molecule has 6 heteroatoms. The molecule has 0 aliphatic carbocycles. The highest BCUT2D eigenvalue weighted by Gasteiger charge is 2.31. The standard InChI is InChI=1S/C19H17ClN2O2S/c1-12-16(18(23)24-11-13-6-3-2-4-7-13)17(22-19(25)21-12)14-8-5-9-15(20)10-14/h2-10,17H,11H2,1H3,(H2,21,22,25)/t17-/m0/s1. The second kappa shape index (κ2) is 7.68. The van der Waals surface area contributed by atoms with Gasteiger partial charge in [0.2, 0.25) is 0 Å². The zero-order valence-corrected chi connectivity index (χ0v) is 15.2. The van der Waals surface area contributed by atoms with Gasteiger partial charge < -0.3 is 15.4 Å². The summed E-state index contributed by atoms with van der Waals surface area (Å²) >= 11 is 11.3. The molecule has 128 valence electrons. The van der Waals surface area contributed by atoms with Crippen LogP contribution in [0.1, 0.15) is 24.1 Å². The summed E-state index contributed by atoms with van der Waals surface area (Å²) in [6.45, 7) is 2.02. The summed E-state index contributed by atoms with van der Waals surface area (Å²) in [6, 6.07) is 16.5. The van der Waals surface area contributed by atoms with Crippen molar-refractivity contribution in [1.82, 2.24) is 10.6 Å². The summed E-state index contributed by atoms with van der Waals surface area (Å²) in [6.07, 6.45) is 0. The van der Waals surface area contributed by atoms with Gasteiger partial charge in [-0.1, -0.05) is 54.1 Å². The lowest BCUT2D eigenvalue weighted by molar-refractivity contribution is -0.140. The van der Waals surface area contributed by atoms with Gasteiger partial charge in [0.15, 0.2) is 5.11 Å². The van der Waals surface area contributed by atoms with Crippen molar-refractivity contribution in [3.8, 4) is 0 Å². The SMILES string of the molecule is CC1=C(C(=O)OCc2ccccc2)[C@H](c2cccc(Cl)c2)NC(=S)N1. The Hall–Kier alpha value is -2.37. The highest BCUT2D eigenvalue weighted by atomic mass is 35.5. The molecule has 25 heavy (non-hydrogen) atoms. The number of thiocarbonyl (C=S) groups is 1. The predicted octanol–water partition coefficient (Wildman–Crippen LogP) is 3.88. The molecule has 0 amide bonds. The fourth-order valence-corrected chi connectivity index (χ4v) is 3.17. The quantitative estimate of drug-likeness (QED) is 0.630. The minimum Gasteiger partial charge on any atom is -0.457 e. The Kier molecular flexibility index (Phi) is 5.36. The van der Waals surface area contributed by atoms with Crippen molar-refractivity contribution in [2.75, 3.05) is 0 Å². The molecule has 4 nitrogen and oxygen atoms in total. The maximum absolute atomic E-state index is 12.7. The molecule has 0 saturated heterocycles. The van der Waals surface area contributed by atoms with Gasteiger partial charge in [-0.3, -0.25) is 0 Å². The normalized spacial score (nSPS) is 16.9. The van der Waals surface area contributed by atoms with Crippen molar-refractivity contribution < 1.29 is 9.53 Å². The molecule has 2 N–H and O–H groups in total. The number of allylic oxidation sites excluding steroid dienone is 1. The smallest absolute Gasteiger partial charge is 0.338 e. The Morgan fingerprint density at radius 1 is 1.20 bits per heavy atom. The second-order valence-electron chi connectivity index (χ2n) is 5.69. The number of rotatable bonds is 4. The molecule has 2 aromatic rings. The van der Waals surface area contributed by atoms with E-state index in [-0.39, 0.29) is 6.61 Å². The number of carbonyl (C=O) groups excluding carboxylic acids is 1. The van der Waals surface area contributed by atoms with Crippen molar-refractivity contribution in [1.29, 1.82) is 0 Å². The number of hydrogen-bond acceptors (Lipinski definition) is 3. The molecule has 0 spiro atoms. The maximum Gasteiger partial charge on any atom is 0.338 e. The number of esters is 1. The summed E-state index contributed by atoms with van der Waals surface area (Å²) in [5.74, 6) is -0.395. The molecule has 3 rings (SSSR count). The first-order valence-electron chi connectivity index (χ1n) is 7.79. The molecule has 0 radical (unpaired) electrons. The molecular weight excluding hydrogens is 356 g/mol. The van der Waals surface area contributed by atoms with Gasteiger partial charge in [-0.25, -0.2) is 4.79 Å². The molecule has 1 heterocycles. The monoisotopic (exact) mass is 372 g/mol. The number of nitrogens with one attached hydrogen (secondary N) is 2. The lowest BCUT2D eigenvalue weighted by Gasteiger charge is -2.30.